The first-order chi connectivity index (χ1) is 12.6. The fraction of sp³-hybridized carbons (Fsp3) is 0.0952. The summed E-state index contributed by atoms with van der Waals surface area (Å²) in [5, 5.41) is 4.28. The monoisotopic (exact) mass is 364 g/mol. The largest absolute Gasteiger partial charge is 0.279 e. The third-order valence-corrected chi connectivity index (χ3v) is 5.54. The highest BCUT2D eigenvalue weighted by Gasteiger charge is 2.23. The standard InChI is InChI=1S/C21H20N2O2S/c1-18-12-14-21(15-13-18)26(24,25)23(17-20-10-6-3-7-11-20)22-16-19-8-4-2-5-9-19/h2-16H,17H2,1H3/b22-16+. The van der Waals surface area contributed by atoms with E-state index in [4.69, 9.17) is 0 Å². The van der Waals surface area contributed by atoms with Crippen LogP contribution in [0.2, 0.25) is 0 Å². The number of hydrogen-bond acceptors (Lipinski definition) is 3. The summed E-state index contributed by atoms with van der Waals surface area (Å²) in [6, 6.07) is 25.7. The summed E-state index contributed by atoms with van der Waals surface area (Å²) in [7, 11) is -3.75. The second-order valence-electron chi connectivity index (χ2n) is 5.94. The van der Waals surface area contributed by atoms with Crippen LogP contribution in [0.5, 0.6) is 0 Å². The zero-order valence-corrected chi connectivity index (χ0v) is 15.3. The Labute approximate surface area is 154 Å². The van der Waals surface area contributed by atoms with E-state index in [1.807, 2.05) is 67.6 Å². The number of nitrogens with zero attached hydrogens (tertiary/aromatic N) is 2. The molecule has 0 spiro atoms. The van der Waals surface area contributed by atoms with Gasteiger partial charge in [0, 0.05) is 0 Å². The molecule has 0 amide bonds. The molecule has 0 radical (unpaired) electrons. The van der Waals surface area contributed by atoms with Crippen LogP contribution in [-0.2, 0) is 16.6 Å². The van der Waals surface area contributed by atoms with Crippen LogP contribution in [-0.4, -0.2) is 19.0 Å². The summed E-state index contributed by atoms with van der Waals surface area (Å²) in [5.74, 6) is 0. The number of benzene rings is 3. The fourth-order valence-electron chi connectivity index (χ4n) is 2.43. The van der Waals surface area contributed by atoms with Gasteiger partial charge in [0.2, 0.25) is 0 Å². The first-order valence-electron chi connectivity index (χ1n) is 8.28. The van der Waals surface area contributed by atoms with E-state index in [0.29, 0.717) is 0 Å². The summed E-state index contributed by atoms with van der Waals surface area (Å²) in [5.41, 5.74) is 2.71. The van der Waals surface area contributed by atoms with Gasteiger partial charge < -0.3 is 0 Å². The van der Waals surface area contributed by atoms with Crippen molar-refractivity contribution in [1.29, 1.82) is 0 Å². The molecule has 0 bridgehead atoms. The Hall–Kier alpha value is -2.92. The summed E-state index contributed by atoms with van der Waals surface area (Å²) in [6.45, 7) is 2.09. The van der Waals surface area contributed by atoms with Crippen LogP contribution in [0.1, 0.15) is 16.7 Å². The highest BCUT2D eigenvalue weighted by atomic mass is 32.2. The molecule has 0 N–H and O–H groups in total. The Kier molecular flexibility index (Phi) is 5.49. The van der Waals surface area contributed by atoms with Gasteiger partial charge in [-0.15, -0.1) is 0 Å². The average Bonchev–Trinajstić information content (AvgIpc) is 2.67. The smallest absolute Gasteiger partial charge is 0.200 e. The van der Waals surface area contributed by atoms with Crippen molar-refractivity contribution in [3.63, 3.8) is 0 Å². The van der Waals surface area contributed by atoms with E-state index < -0.39 is 10.0 Å². The van der Waals surface area contributed by atoms with E-state index in [9.17, 15) is 8.42 Å². The first-order valence-corrected chi connectivity index (χ1v) is 9.72. The van der Waals surface area contributed by atoms with E-state index in [-0.39, 0.29) is 11.4 Å². The number of sulfonamides is 1. The predicted molar refractivity (Wildman–Crippen MR) is 104 cm³/mol. The molecule has 0 saturated carbocycles. The fourth-order valence-corrected chi connectivity index (χ4v) is 3.64. The van der Waals surface area contributed by atoms with Gasteiger partial charge in [-0.25, -0.2) is 0 Å². The third-order valence-electron chi connectivity index (χ3n) is 3.89. The second kappa shape index (κ2) is 7.97. The number of hydrogen-bond donors (Lipinski definition) is 0. The van der Waals surface area contributed by atoms with Gasteiger partial charge in [0.1, 0.15) is 0 Å². The Balaban J connectivity index is 1.96. The maximum absolute atomic E-state index is 13.1. The van der Waals surface area contributed by atoms with E-state index in [1.54, 1.807) is 30.5 Å². The molecular weight excluding hydrogens is 344 g/mol. The Morgan fingerprint density at radius 3 is 2.04 bits per heavy atom. The molecule has 3 aromatic rings. The van der Waals surface area contributed by atoms with Gasteiger partial charge in [0.05, 0.1) is 17.7 Å². The van der Waals surface area contributed by atoms with E-state index in [1.165, 1.54) is 0 Å². The van der Waals surface area contributed by atoms with Crippen molar-refractivity contribution in [3.8, 4) is 0 Å². The van der Waals surface area contributed by atoms with Crippen LogP contribution < -0.4 is 0 Å². The van der Waals surface area contributed by atoms with Crippen LogP contribution in [0.3, 0.4) is 0 Å². The van der Waals surface area contributed by atoms with Crippen LogP contribution in [0.25, 0.3) is 0 Å². The highest BCUT2D eigenvalue weighted by Crippen LogP contribution is 2.19. The van der Waals surface area contributed by atoms with Gasteiger partial charge in [0.15, 0.2) is 0 Å². The average molecular weight is 364 g/mol. The molecule has 132 valence electrons. The van der Waals surface area contributed by atoms with Gasteiger partial charge in [-0.3, -0.25) is 0 Å². The molecule has 0 atom stereocenters. The molecule has 0 aromatic heterocycles. The lowest BCUT2D eigenvalue weighted by Gasteiger charge is -2.19. The highest BCUT2D eigenvalue weighted by molar-refractivity contribution is 7.89. The van der Waals surface area contributed by atoms with Crippen molar-refractivity contribution < 1.29 is 8.42 Å². The number of aryl methyl sites for hydroxylation is 1. The molecule has 0 aliphatic heterocycles. The summed E-state index contributed by atoms with van der Waals surface area (Å²) in [6.07, 6.45) is 1.56. The maximum atomic E-state index is 13.1. The molecule has 26 heavy (non-hydrogen) atoms. The molecule has 0 aliphatic rings. The van der Waals surface area contributed by atoms with Gasteiger partial charge in [-0.1, -0.05) is 78.4 Å². The van der Waals surface area contributed by atoms with Crippen LogP contribution in [0.4, 0.5) is 0 Å². The number of hydrazone groups is 1. The van der Waals surface area contributed by atoms with Gasteiger partial charge >= 0.3 is 0 Å². The normalized spacial score (nSPS) is 11.6. The van der Waals surface area contributed by atoms with Gasteiger partial charge in [0.25, 0.3) is 10.0 Å². The lowest BCUT2D eigenvalue weighted by atomic mass is 10.2. The topological polar surface area (TPSA) is 49.7 Å². The summed E-state index contributed by atoms with van der Waals surface area (Å²) in [4.78, 5) is 0.226. The second-order valence-corrected chi connectivity index (χ2v) is 7.78. The third kappa shape index (κ3) is 4.37. The molecule has 0 aliphatic carbocycles. The molecule has 3 rings (SSSR count). The predicted octanol–water partition coefficient (Wildman–Crippen LogP) is 4.22. The molecule has 3 aromatic carbocycles. The first kappa shape index (κ1) is 17.9. The maximum Gasteiger partial charge on any atom is 0.279 e. The molecular formula is C21H20N2O2S. The zero-order chi connectivity index (χ0) is 18.4. The van der Waals surface area contributed by atoms with Gasteiger partial charge in [-0.05, 0) is 30.2 Å². The minimum absolute atomic E-state index is 0.167. The van der Waals surface area contributed by atoms with Crippen molar-refractivity contribution in [1.82, 2.24) is 4.41 Å². The van der Waals surface area contributed by atoms with E-state index in [0.717, 1.165) is 21.1 Å². The van der Waals surface area contributed by atoms with Crippen molar-refractivity contribution >= 4 is 16.2 Å². The minimum atomic E-state index is -3.75. The summed E-state index contributed by atoms with van der Waals surface area (Å²) < 4.78 is 27.3. The molecule has 4 nitrogen and oxygen atoms in total. The molecule has 0 unspecified atom stereocenters. The number of rotatable bonds is 6. The Morgan fingerprint density at radius 2 is 1.42 bits per heavy atom. The van der Waals surface area contributed by atoms with Crippen LogP contribution >= 0.6 is 0 Å². The lowest BCUT2D eigenvalue weighted by Crippen LogP contribution is -2.26. The van der Waals surface area contributed by atoms with E-state index >= 15 is 0 Å². The quantitative estimate of drug-likeness (QED) is 0.486. The van der Waals surface area contributed by atoms with Gasteiger partial charge in [-0.2, -0.15) is 17.9 Å². The van der Waals surface area contributed by atoms with Crippen molar-refractivity contribution in [2.24, 2.45) is 5.10 Å². The Morgan fingerprint density at radius 1 is 0.846 bits per heavy atom. The summed E-state index contributed by atoms with van der Waals surface area (Å²) >= 11 is 0. The zero-order valence-electron chi connectivity index (χ0n) is 14.5. The SMILES string of the molecule is Cc1ccc(S(=O)(=O)N(Cc2ccccc2)/N=C/c2ccccc2)cc1. The molecule has 5 heteroatoms. The molecule has 0 heterocycles. The van der Waals surface area contributed by atoms with E-state index in [2.05, 4.69) is 5.10 Å². The van der Waals surface area contributed by atoms with Crippen molar-refractivity contribution in [2.45, 2.75) is 18.4 Å². The molecule has 0 fully saturated rings. The van der Waals surface area contributed by atoms with Crippen molar-refractivity contribution in [3.05, 3.63) is 102 Å². The minimum Gasteiger partial charge on any atom is -0.200 e. The lowest BCUT2D eigenvalue weighted by molar-refractivity contribution is 0.427. The Bertz CT molecular complexity index is 968. The van der Waals surface area contributed by atoms with Crippen molar-refractivity contribution in [2.75, 3.05) is 0 Å². The van der Waals surface area contributed by atoms with Crippen LogP contribution in [0, 0.1) is 6.92 Å². The molecule has 0 saturated heterocycles. The van der Waals surface area contributed by atoms with Crippen LogP contribution in [0.15, 0.2) is 94.9 Å².